The molecule has 1 aromatic carbocycles. The van der Waals surface area contributed by atoms with Crippen LogP contribution in [0.3, 0.4) is 0 Å². The second-order valence-electron chi connectivity index (χ2n) is 6.59. The Labute approximate surface area is 161 Å². The molecule has 2 N–H and O–H groups in total. The first kappa shape index (κ1) is 20.7. The van der Waals surface area contributed by atoms with Crippen molar-refractivity contribution in [3.63, 3.8) is 0 Å². The fourth-order valence-electron chi connectivity index (χ4n) is 2.98. The minimum absolute atomic E-state index is 0. The van der Waals surface area contributed by atoms with Crippen molar-refractivity contribution in [3.8, 4) is 0 Å². The van der Waals surface area contributed by atoms with Gasteiger partial charge in [0.1, 0.15) is 5.57 Å². The standard InChI is InChI=1S/C17H19N3O6.ClH/c1-17(2)25-15(21)13(16(22)26-17)10-11-9-12(20(23)24)3-4-14(11)19-7-5-18-6-8-19;/h3-4,9-10,18H,5-8H2,1-2H3;1H. The Bertz CT molecular complexity index is 780. The maximum Gasteiger partial charge on any atom is 0.348 e. The van der Waals surface area contributed by atoms with Gasteiger partial charge in [0, 0.05) is 37.2 Å². The molecule has 0 radical (unpaired) electrons. The van der Waals surface area contributed by atoms with E-state index in [0.29, 0.717) is 5.56 Å². The number of nitro groups is 1. The molecule has 146 valence electrons. The Morgan fingerprint density at radius 3 is 2.33 bits per heavy atom. The average molecular weight is 398 g/mol. The maximum atomic E-state index is 12.2. The molecule has 2 saturated heterocycles. The molecule has 9 nitrogen and oxygen atoms in total. The van der Waals surface area contributed by atoms with Gasteiger partial charge in [-0.25, -0.2) is 9.59 Å². The molecule has 10 heteroatoms. The van der Waals surface area contributed by atoms with Crippen LogP contribution in [0.5, 0.6) is 0 Å². The molecule has 0 unspecified atom stereocenters. The number of benzene rings is 1. The highest BCUT2D eigenvalue weighted by atomic mass is 35.5. The zero-order valence-electron chi connectivity index (χ0n) is 14.9. The number of cyclic esters (lactones) is 2. The Balaban J connectivity index is 0.00000261. The van der Waals surface area contributed by atoms with Gasteiger partial charge in [-0.3, -0.25) is 10.1 Å². The molecule has 2 fully saturated rings. The van der Waals surface area contributed by atoms with Crippen LogP contribution < -0.4 is 22.6 Å². The van der Waals surface area contributed by atoms with E-state index >= 15 is 0 Å². The SMILES string of the molecule is CC1(C)OC(=O)C(=Cc2cc([N+](=O)[O-])ccc2N2CC[NH2+]CC2)C(=O)O1.[Cl-]. The molecule has 2 aliphatic heterocycles. The van der Waals surface area contributed by atoms with Crippen LogP contribution in [0.4, 0.5) is 11.4 Å². The van der Waals surface area contributed by atoms with Crippen LogP contribution in [0.25, 0.3) is 6.08 Å². The predicted octanol–water partition coefficient (Wildman–Crippen LogP) is -2.80. The second-order valence-corrected chi connectivity index (χ2v) is 6.59. The van der Waals surface area contributed by atoms with Crippen molar-refractivity contribution in [2.75, 3.05) is 31.1 Å². The van der Waals surface area contributed by atoms with Gasteiger partial charge in [-0.2, -0.15) is 0 Å². The number of nitrogens with two attached hydrogens (primary N) is 1. The van der Waals surface area contributed by atoms with Crippen LogP contribution in [0, 0.1) is 10.1 Å². The summed E-state index contributed by atoms with van der Waals surface area (Å²) in [6, 6.07) is 4.40. The van der Waals surface area contributed by atoms with Crippen LogP contribution in [0.1, 0.15) is 19.4 Å². The maximum absolute atomic E-state index is 12.2. The summed E-state index contributed by atoms with van der Waals surface area (Å²) in [5.41, 5.74) is 0.725. The first-order chi connectivity index (χ1) is 12.3. The molecular formula is C17H20ClN3O6. The van der Waals surface area contributed by atoms with Crippen molar-refractivity contribution >= 4 is 29.4 Å². The first-order valence-electron chi connectivity index (χ1n) is 8.30. The van der Waals surface area contributed by atoms with Gasteiger partial charge in [0.25, 0.3) is 11.5 Å². The quantitative estimate of drug-likeness (QED) is 0.192. The summed E-state index contributed by atoms with van der Waals surface area (Å²) in [6.07, 6.45) is 1.31. The van der Waals surface area contributed by atoms with E-state index < -0.39 is 22.6 Å². The Morgan fingerprint density at radius 1 is 1.19 bits per heavy atom. The molecule has 3 rings (SSSR count). The van der Waals surface area contributed by atoms with E-state index in [1.165, 1.54) is 32.1 Å². The number of halogens is 1. The molecule has 0 amide bonds. The highest BCUT2D eigenvalue weighted by Gasteiger charge is 2.39. The summed E-state index contributed by atoms with van der Waals surface area (Å²) in [5, 5.41) is 13.3. The Hall–Kier alpha value is -2.65. The summed E-state index contributed by atoms with van der Waals surface area (Å²) in [5.74, 6) is -2.95. The van der Waals surface area contributed by atoms with Gasteiger partial charge in [-0.05, 0) is 12.1 Å². The number of rotatable bonds is 3. The third kappa shape index (κ3) is 4.55. The highest BCUT2D eigenvalue weighted by molar-refractivity contribution is 6.19. The fraction of sp³-hybridized carbons (Fsp3) is 0.412. The van der Waals surface area contributed by atoms with Crippen molar-refractivity contribution in [1.29, 1.82) is 0 Å². The molecular weight excluding hydrogens is 378 g/mol. The number of quaternary nitrogens is 1. The van der Waals surface area contributed by atoms with E-state index in [2.05, 4.69) is 10.2 Å². The molecule has 0 spiro atoms. The molecule has 0 aliphatic carbocycles. The number of hydrogen-bond acceptors (Lipinski definition) is 7. The fourth-order valence-corrected chi connectivity index (χ4v) is 2.98. The number of piperazine rings is 1. The molecule has 1 aromatic rings. The monoisotopic (exact) mass is 397 g/mol. The topological polar surface area (TPSA) is 116 Å². The largest absolute Gasteiger partial charge is 1.00 e. The number of hydrogen-bond donors (Lipinski definition) is 1. The Morgan fingerprint density at radius 2 is 1.78 bits per heavy atom. The number of non-ortho nitro benzene ring substituents is 1. The lowest BCUT2D eigenvalue weighted by atomic mass is 10.1. The van der Waals surface area contributed by atoms with Crippen molar-refractivity contribution in [2.24, 2.45) is 0 Å². The number of ether oxygens (including phenoxy) is 2. The molecule has 2 heterocycles. The lowest BCUT2D eigenvalue weighted by Crippen LogP contribution is -3.00. The van der Waals surface area contributed by atoms with Gasteiger partial charge in [-0.15, -0.1) is 0 Å². The van der Waals surface area contributed by atoms with E-state index in [4.69, 9.17) is 9.47 Å². The van der Waals surface area contributed by atoms with Crippen LogP contribution in [-0.4, -0.2) is 48.8 Å². The van der Waals surface area contributed by atoms with E-state index in [1.807, 2.05) is 0 Å². The normalized spacial score (nSPS) is 18.9. The van der Waals surface area contributed by atoms with Gasteiger partial charge >= 0.3 is 11.9 Å². The van der Waals surface area contributed by atoms with Gasteiger partial charge in [-0.1, -0.05) is 0 Å². The molecule has 27 heavy (non-hydrogen) atoms. The number of carbonyl (C=O) groups is 2. The number of nitro benzene ring substituents is 1. The molecule has 0 aromatic heterocycles. The molecule has 0 bridgehead atoms. The molecule has 2 aliphatic rings. The summed E-state index contributed by atoms with van der Waals surface area (Å²) in [4.78, 5) is 37.1. The first-order valence-corrected chi connectivity index (χ1v) is 8.30. The van der Waals surface area contributed by atoms with Crippen LogP contribution in [0.15, 0.2) is 23.8 Å². The summed E-state index contributed by atoms with van der Waals surface area (Å²) in [6.45, 7) is 6.23. The third-order valence-corrected chi connectivity index (χ3v) is 4.19. The lowest BCUT2D eigenvalue weighted by molar-refractivity contribution is -0.655. The lowest BCUT2D eigenvalue weighted by Gasteiger charge is -2.30. The van der Waals surface area contributed by atoms with Gasteiger partial charge < -0.3 is 32.1 Å². The summed E-state index contributed by atoms with van der Waals surface area (Å²) in [7, 11) is 0. The zero-order valence-corrected chi connectivity index (χ0v) is 15.7. The van der Waals surface area contributed by atoms with Crippen molar-refractivity contribution < 1.29 is 41.7 Å². The van der Waals surface area contributed by atoms with Crippen molar-refractivity contribution in [2.45, 2.75) is 19.6 Å². The Kier molecular flexibility index (Phi) is 6.07. The van der Waals surface area contributed by atoms with Crippen LogP contribution >= 0.6 is 0 Å². The van der Waals surface area contributed by atoms with Gasteiger partial charge in [0.2, 0.25) is 0 Å². The van der Waals surface area contributed by atoms with Gasteiger partial charge in [0.05, 0.1) is 31.1 Å². The van der Waals surface area contributed by atoms with Crippen molar-refractivity contribution in [1.82, 2.24) is 0 Å². The van der Waals surface area contributed by atoms with Crippen LogP contribution in [-0.2, 0) is 19.1 Å². The molecule has 0 saturated carbocycles. The second kappa shape index (κ2) is 7.93. The van der Waals surface area contributed by atoms with E-state index in [9.17, 15) is 19.7 Å². The minimum atomic E-state index is -1.33. The number of anilines is 1. The van der Waals surface area contributed by atoms with Gasteiger partial charge in [0.15, 0.2) is 0 Å². The van der Waals surface area contributed by atoms with Crippen LogP contribution in [0.2, 0.25) is 0 Å². The average Bonchev–Trinajstić information content (AvgIpc) is 2.58. The number of carbonyl (C=O) groups excluding carboxylic acids is 2. The highest BCUT2D eigenvalue weighted by Crippen LogP contribution is 2.30. The summed E-state index contributed by atoms with van der Waals surface area (Å²) < 4.78 is 10.2. The smallest absolute Gasteiger partial charge is 0.348 e. The summed E-state index contributed by atoms with van der Waals surface area (Å²) >= 11 is 0. The van der Waals surface area contributed by atoms with Crippen molar-refractivity contribution in [3.05, 3.63) is 39.4 Å². The van der Waals surface area contributed by atoms with E-state index in [1.54, 1.807) is 6.07 Å². The molecule has 0 atom stereocenters. The number of esters is 2. The van der Waals surface area contributed by atoms with E-state index in [-0.39, 0.29) is 23.7 Å². The predicted molar refractivity (Wildman–Crippen MR) is 91.2 cm³/mol. The zero-order chi connectivity index (χ0) is 18.9. The third-order valence-electron chi connectivity index (χ3n) is 4.19. The van der Waals surface area contributed by atoms with E-state index in [0.717, 1.165) is 31.9 Å². The number of nitrogens with zero attached hydrogens (tertiary/aromatic N) is 2. The minimum Gasteiger partial charge on any atom is -1.00 e.